The third-order valence-electron chi connectivity index (χ3n) is 5.00. The van der Waals surface area contributed by atoms with Crippen LogP contribution in [0.5, 0.6) is 0 Å². The second-order valence-electron chi connectivity index (χ2n) is 6.92. The Balaban J connectivity index is 1.87. The van der Waals surface area contributed by atoms with Gasteiger partial charge in [0.15, 0.2) is 0 Å². The van der Waals surface area contributed by atoms with Crippen molar-refractivity contribution in [2.75, 3.05) is 4.31 Å². The summed E-state index contributed by atoms with van der Waals surface area (Å²) in [7, 11) is -4.16. The van der Waals surface area contributed by atoms with Gasteiger partial charge in [0.2, 0.25) is 0 Å². The summed E-state index contributed by atoms with van der Waals surface area (Å²) >= 11 is 6.34. The number of nitrogens with zero attached hydrogens (tertiary/aromatic N) is 1. The van der Waals surface area contributed by atoms with Crippen molar-refractivity contribution in [2.45, 2.75) is 25.0 Å². The zero-order chi connectivity index (χ0) is 21.5. The van der Waals surface area contributed by atoms with E-state index >= 15 is 0 Å². The van der Waals surface area contributed by atoms with Crippen LogP contribution < -0.4 is 4.31 Å². The Kier molecular flexibility index (Phi) is 5.26. The average molecular weight is 446 g/mol. The number of hydrogen-bond donors (Lipinski definition) is 0. The molecule has 30 heavy (non-hydrogen) atoms. The Morgan fingerprint density at radius 2 is 1.87 bits per heavy atom. The van der Waals surface area contributed by atoms with Gasteiger partial charge < -0.3 is 4.74 Å². The van der Waals surface area contributed by atoms with Crippen molar-refractivity contribution in [1.82, 2.24) is 0 Å². The lowest BCUT2D eigenvalue weighted by atomic mass is 10.1. The third kappa shape index (κ3) is 3.66. The molecule has 8 heteroatoms. The summed E-state index contributed by atoms with van der Waals surface area (Å²) < 4.78 is 46.9. The number of cyclic esters (lactones) is 1. The Hall–Kier alpha value is -2.90. The van der Waals surface area contributed by atoms with Crippen molar-refractivity contribution in [3.05, 3.63) is 93.8 Å². The van der Waals surface area contributed by atoms with Crippen molar-refractivity contribution in [2.24, 2.45) is 0 Å². The summed E-state index contributed by atoms with van der Waals surface area (Å²) in [6.07, 6.45) is 0. The molecule has 0 aromatic heterocycles. The number of sulfonamides is 1. The van der Waals surface area contributed by atoms with E-state index in [1.165, 1.54) is 24.3 Å². The van der Waals surface area contributed by atoms with Gasteiger partial charge in [0.1, 0.15) is 12.4 Å². The zero-order valence-corrected chi connectivity index (χ0v) is 17.5. The van der Waals surface area contributed by atoms with Crippen LogP contribution in [0.1, 0.15) is 27.0 Å². The lowest BCUT2D eigenvalue weighted by molar-refractivity contribution is 0.0535. The summed E-state index contributed by atoms with van der Waals surface area (Å²) in [6.45, 7) is 1.89. The quantitative estimate of drug-likeness (QED) is 0.526. The number of aryl methyl sites for hydroxylation is 1. The van der Waals surface area contributed by atoms with Gasteiger partial charge in [0.25, 0.3) is 10.0 Å². The second-order valence-corrected chi connectivity index (χ2v) is 9.19. The molecule has 1 heterocycles. The van der Waals surface area contributed by atoms with Gasteiger partial charge >= 0.3 is 5.97 Å². The molecule has 0 saturated heterocycles. The van der Waals surface area contributed by atoms with Gasteiger partial charge in [0, 0.05) is 10.6 Å². The summed E-state index contributed by atoms with van der Waals surface area (Å²) in [5.41, 5.74) is 2.67. The van der Waals surface area contributed by atoms with Crippen LogP contribution >= 0.6 is 11.6 Å². The van der Waals surface area contributed by atoms with Crippen molar-refractivity contribution in [1.29, 1.82) is 0 Å². The highest BCUT2D eigenvalue weighted by molar-refractivity contribution is 7.92. The fourth-order valence-electron chi connectivity index (χ4n) is 3.34. The number of ether oxygens (including phenoxy) is 1. The van der Waals surface area contributed by atoms with E-state index in [0.29, 0.717) is 21.7 Å². The molecule has 0 fully saturated rings. The SMILES string of the molecule is Cc1cccc(Cl)c1CN(c1ccc2c(c1)C(=O)OC2)S(=O)(=O)c1cccc(F)c1. The normalized spacial score (nSPS) is 13.1. The Morgan fingerprint density at radius 3 is 2.60 bits per heavy atom. The van der Waals surface area contributed by atoms with Crippen LogP contribution in [0, 0.1) is 12.7 Å². The predicted molar refractivity (Wildman–Crippen MR) is 112 cm³/mol. The van der Waals surface area contributed by atoms with E-state index in [0.717, 1.165) is 15.9 Å². The highest BCUT2D eigenvalue weighted by Gasteiger charge is 2.29. The first-order chi connectivity index (χ1) is 14.3. The molecule has 0 saturated carbocycles. The number of benzene rings is 3. The minimum absolute atomic E-state index is 0.0851. The Labute approximate surface area is 178 Å². The Bertz CT molecular complexity index is 1240. The molecule has 0 amide bonds. The molecule has 0 aliphatic carbocycles. The number of fused-ring (bicyclic) bond motifs is 1. The van der Waals surface area contributed by atoms with Crippen LogP contribution in [-0.4, -0.2) is 14.4 Å². The van der Waals surface area contributed by atoms with Gasteiger partial charge in [-0.05, 0) is 54.4 Å². The molecule has 1 aliphatic heterocycles. The molecule has 4 rings (SSSR count). The van der Waals surface area contributed by atoms with Crippen LogP contribution in [0.4, 0.5) is 10.1 Å². The summed E-state index contributed by atoms with van der Waals surface area (Å²) in [5, 5.41) is 0.412. The number of rotatable bonds is 5. The lowest BCUT2D eigenvalue weighted by Gasteiger charge is -2.26. The van der Waals surface area contributed by atoms with Crippen LogP contribution in [-0.2, 0) is 27.9 Å². The number of halogens is 2. The average Bonchev–Trinajstić information content (AvgIpc) is 3.08. The van der Waals surface area contributed by atoms with E-state index in [-0.39, 0.29) is 23.7 Å². The van der Waals surface area contributed by atoms with Gasteiger partial charge in [-0.15, -0.1) is 0 Å². The van der Waals surface area contributed by atoms with Gasteiger partial charge in [-0.25, -0.2) is 17.6 Å². The van der Waals surface area contributed by atoms with Gasteiger partial charge in [-0.1, -0.05) is 35.9 Å². The maximum Gasteiger partial charge on any atom is 0.338 e. The van der Waals surface area contributed by atoms with E-state index in [1.807, 2.05) is 13.0 Å². The molecule has 0 radical (unpaired) electrons. The predicted octanol–water partition coefficient (Wildman–Crippen LogP) is 4.85. The smallest absolute Gasteiger partial charge is 0.338 e. The minimum atomic E-state index is -4.16. The molecule has 0 spiro atoms. The second kappa shape index (κ2) is 7.74. The molecule has 3 aromatic carbocycles. The number of hydrogen-bond acceptors (Lipinski definition) is 4. The van der Waals surface area contributed by atoms with Gasteiger partial charge in [-0.2, -0.15) is 0 Å². The molecule has 0 atom stereocenters. The fourth-order valence-corrected chi connectivity index (χ4v) is 5.07. The van der Waals surface area contributed by atoms with Gasteiger partial charge in [-0.3, -0.25) is 4.31 Å². The van der Waals surface area contributed by atoms with Crippen LogP contribution in [0.3, 0.4) is 0 Å². The standard InChI is InChI=1S/C22H17ClFNO4S/c1-14-4-2-7-21(23)20(14)12-25(30(27,28)18-6-3-5-16(24)10-18)17-9-8-15-13-29-22(26)19(15)11-17/h2-11H,12-13H2,1H3. The lowest BCUT2D eigenvalue weighted by Crippen LogP contribution is -2.31. The number of anilines is 1. The van der Waals surface area contributed by atoms with Crippen molar-refractivity contribution < 1.29 is 22.3 Å². The molecule has 3 aromatic rings. The van der Waals surface area contributed by atoms with Crippen molar-refractivity contribution in [3.8, 4) is 0 Å². The summed E-state index contributed by atoms with van der Waals surface area (Å²) in [4.78, 5) is 11.8. The van der Waals surface area contributed by atoms with Crippen molar-refractivity contribution >= 4 is 33.3 Å². The van der Waals surface area contributed by atoms with Crippen molar-refractivity contribution in [3.63, 3.8) is 0 Å². The van der Waals surface area contributed by atoms with Crippen LogP contribution in [0.2, 0.25) is 5.02 Å². The molecular formula is C22H17ClFNO4S. The summed E-state index contributed by atoms with van der Waals surface area (Å²) in [6, 6.07) is 14.8. The minimum Gasteiger partial charge on any atom is -0.457 e. The first-order valence-electron chi connectivity index (χ1n) is 9.10. The Morgan fingerprint density at radius 1 is 1.10 bits per heavy atom. The largest absolute Gasteiger partial charge is 0.457 e. The fraction of sp³-hybridized carbons (Fsp3) is 0.136. The molecule has 0 bridgehead atoms. The first kappa shape index (κ1) is 20.4. The van der Waals surface area contributed by atoms with Crippen LogP contribution in [0.25, 0.3) is 0 Å². The van der Waals surface area contributed by atoms with E-state index in [9.17, 15) is 17.6 Å². The van der Waals surface area contributed by atoms with E-state index < -0.39 is 21.8 Å². The molecule has 154 valence electrons. The molecule has 1 aliphatic rings. The molecular weight excluding hydrogens is 429 g/mol. The van der Waals surface area contributed by atoms with E-state index in [2.05, 4.69) is 0 Å². The molecule has 5 nitrogen and oxygen atoms in total. The van der Waals surface area contributed by atoms with E-state index in [1.54, 1.807) is 24.3 Å². The third-order valence-corrected chi connectivity index (χ3v) is 7.12. The topological polar surface area (TPSA) is 63.7 Å². The maximum absolute atomic E-state index is 13.8. The van der Waals surface area contributed by atoms with Gasteiger partial charge in [0.05, 0.1) is 22.7 Å². The maximum atomic E-state index is 13.8. The first-order valence-corrected chi connectivity index (χ1v) is 10.9. The highest BCUT2D eigenvalue weighted by Crippen LogP contribution is 2.32. The van der Waals surface area contributed by atoms with E-state index in [4.69, 9.17) is 16.3 Å². The zero-order valence-electron chi connectivity index (χ0n) is 15.9. The number of carbonyl (C=O) groups excluding carboxylic acids is 1. The summed E-state index contributed by atoms with van der Waals surface area (Å²) in [5.74, 6) is -1.17. The molecule has 0 unspecified atom stereocenters. The number of carbonyl (C=O) groups is 1. The highest BCUT2D eigenvalue weighted by atomic mass is 35.5. The monoisotopic (exact) mass is 445 g/mol. The van der Waals surface area contributed by atoms with Crippen LogP contribution in [0.15, 0.2) is 65.6 Å². The molecule has 0 N–H and O–H groups in total. The number of esters is 1.